The van der Waals surface area contributed by atoms with Gasteiger partial charge in [0.2, 0.25) is 0 Å². The average molecular weight is 446 g/mol. The van der Waals surface area contributed by atoms with Gasteiger partial charge in [0.15, 0.2) is 16.6 Å². The quantitative estimate of drug-likeness (QED) is 0.459. The van der Waals surface area contributed by atoms with Crippen LogP contribution in [0.5, 0.6) is 0 Å². The summed E-state index contributed by atoms with van der Waals surface area (Å²) < 4.78 is 19.0. The van der Waals surface area contributed by atoms with Crippen molar-refractivity contribution < 1.29 is 18.4 Å². The van der Waals surface area contributed by atoms with Crippen LogP contribution in [0.4, 0.5) is 4.79 Å². The Kier molecular flexibility index (Phi) is 7.94. The van der Waals surface area contributed by atoms with E-state index in [-0.39, 0.29) is 28.3 Å². The lowest BCUT2D eigenvalue weighted by atomic mass is 10.2. The summed E-state index contributed by atoms with van der Waals surface area (Å²) in [7, 11) is -3.89. The minimum atomic E-state index is -1.96. The first-order valence-electron chi connectivity index (χ1n) is 11.0. The third-order valence-corrected chi connectivity index (χ3v) is 15.8. The molecule has 172 valence electrons. The molecule has 1 aliphatic rings. The molecule has 1 amide bonds. The van der Waals surface area contributed by atoms with E-state index in [4.69, 9.17) is 13.6 Å². The molecule has 1 saturated heterocycles. The number of hydrogen-bond acceptors (Lipinski definition) is 4. The van der Waals surface area contributed by atoms with Crippen molar-refractivity contribution in [3.05, 3.63) is 0 Å². The Morgan fingerprint density at radius 3 is 1.79 bits per heavy atom. The number of carbonyl (C=O) groups is 1. The van der Waals surface area contributed by atoms with E-state index in [1.54, 1.807) is 0 Å². The van der Waals surface area contributed by atoms with Gasteiger partial charge in [0, 0.05) is 6.54 Å². The lowest BCUT2D eigenvalue weighted by molar-refractivity contribution is 0.00888. The zero-order valence-corrected chi connectivity index (χ0v) is 23.4. The first kappa shape index (κ1) is 26.7. The first-order chi connectivity index (χ1) is 12.7. The molecule has 29 heavy (non-hydrogen) atoms. The average Bonchev–Trinajstić information content (AvgIpc) is 2.83. The molecule has 1 fully saturated rings. The summed E-state index contributed by atoms with van der Waals surface area (Å²) in [6.07, 6.45) is 0.563. The highest BCUT2D eigenvalue weighted by molar-refractivity contribution is 6.74. The number of hydrogen-bond donors (Lipinski definition) is 0. The van der Waals surface area contributed by atoms with E-state index < -0.39 is 22.2 Å². The molecular weight excluding hydrogens is 398 g/mol. The van der Waals surface area contributed by atoms with E-state index in [0.717, 1.165) is 6.42 Å². The molecule has 0 aromatic carbocycles. The summed E-state index contributed by atoms with van der Waals surface area (Å²) in [5.74, 6) is 0. The van der Waals surface area contributed by atoms with Crippen molar-refractivity contribution in [2.75, 3.05) is 13.2 Å². The summed E-state index contributed by atoms with van der Waals surface area (Å²) in [5, 5.41) is 0.245. The first-order valence-corrected chi connectivity index (χ1v) is 16.8. The molecule has 5 nitrogen and oxygen atoms in total. The van der Waals surface area contributed by atoms with Crippen LogP contribution in [-0.2, 0) is 13.6 Å². The fourth-order valence-corrected chi connectivity index (χ4v) is 5.18. The van der Waals surface area contributed by atoms with Gasteiger partial charge in [-0.25, -0.2) is 4.79 Å². The van der Waals surface area contributed by atoms with E-state index in [1.807, 2.05) is 25.7 Å². The van der Waals surface area contributed by atoms with Crippen LogP contribution in [-0.4, -0.2) is 58.5 Å². The molecule has 0 saturated carbocycles. The number of nitrogens with zero attached hydrogens (tertiary/aromatic N) is 1. The zero-order valence-electron chi connectivity index (χ0n) is 21.4. The van der Waals surface area contributed by atoms with Crippen molar-refractivity contribution in [1.82, 2.24) is 4.90 Å². The van der Waals surface area contributed by atoms with Gasteiger partial charge < -0.3 is 18.5 Å². The number of ether oxygens (including phenoxy) is 1. The highest BCUT2D eigenvalue weighted by Gasteiger charge is 2.47. The van der Waals surface area contributed by atoms with Crippen LogP contribution < -0.4 is 0 Å². The van der Waals surface area contributed by atoms with E-state index in [2.05, 4.69) is 67.7 Å². The molecule has 1 aliphatic heterocycles. The summed E-state index contributed by atoms with van der Waals surface area (Å²) in [4.78, 5) is 14.8. The van der Waals surface area contributed by atoms with Gasteiger partial charge in [0.25, 0.3) is 0 Å². The Morgan fingerprint density at radius 2 is 1.38 bits per heavy atom. The van der Waals surface area contributed by atoms with Gasteiger partial charge in [-0.2, -0.15) is 0 Å². The molecule has 0 spiro atoms. The Balaban J connectivity index is 3.08. The van der Waals surface area contributed by atoms with Crippen LogP contribution >= 0.6 is 0 Å². The molecule has 0 bridgehead atoms. The molecule has 2 atom stereocenters. The third kappa shape index (κ3) is 7.08. The number of carbonyl (C=O) groups excluding carboxylic acids is 1. The third-order valence-electron chi connectivity index (χ3n) is 6.79. The van der Waals surface area contributed by atoms with E-state index >= 15 is 0 Å². The Labute approximate surface area is 182 Å². The largest absolute Gasteiger partial charge is 0.444 e. The van der Waals surface area contributed by atoms with Crippen molar-refractivity contribution >= 4 is 22.7 Å². The second-order valence-electron chi connectivity index (χ2n) is 12.5. The standard InChI is InChI=1S/C22H47NO4Si2/c1-20(2,3)26-19(24)23-15-14-18(27-29(12,13)22(7,8)9)17(23)16-25-28(10,11)21(4,5)6/h17-18H,14-16H2,1-13H3/t17-,18+/m1/s1. The van der Waals surface area contributed by atoms with E-state index in [9.17, 15) is 4.79 Å². The van der Waals surface area contributed by atoms with Crippen LogP contribution in [0.2, 0.25) is 36.3 Å². The molecule has 0 unspecified atom stereocenters. The van der Waals surface area contributed by atoms with Crippen molar-refractivity contribution in [3.8, 4) is 0 Å². The lowest BCUT2D eigenvalue weighted by Gasteiger charge is -2.42. The number of amides is 1. The second kappa shape index (κ2) is 8.63. The normalized spacial score (nSPS) is 22.2. The Hall–Kier alpha value is -0.376. The maximum Gasteiger partial charge on any atom is 0.410 e. The van der Waals surface area contributed by atoms with Crippen molar-refractivity contribution in [2.24, 2.45) is 0 Å². The molecule has 0 aromatic rings. The second-order valence-corrected chi connectivity index (χ2v) is 22.1. The predicted octanol–water partition coefficient (Wildman–Crippen LogP) is 6.41. The summed E-state index contributed by atoms with van der Waals surface area (Å²) in [6, 6.07) is -0.104. The van der Waals surface area contributed by atoms with Gasteiger partial charge in [-0.05, 0) is 63.5 Å². The van der Waals surface area contributed by atoms with Crippen LogP contribution in [0.3, 0.4) is 0 Å². The maximum atomic E-state index is 12.9. The zero-order chi connectivity index (χ0) is 23.1. The molecule has 1 rings (SSSR count). The van der Waals surface area contributed by atoms with Gasteiger partial charge in [-0.15, -0.1) is 0 Å². The number of likely N-dealkylation sites (tertiary alicyclic amines) is 1. The molecule has 1 heterocycles. The lowest BCUT2D eigenvalue weighted by Crippen LogP contribution is -2.52. The van der Waals surface area contributed by atoms with Crippen molar-refractivity contribution in [2.45, 2.75) is 123 Å². The van der Waals surface area contributed by atoms with Crippen LogP contribution in [0.1, 0.15) is 68.7 Å². The maximum absolute atomic E-state index is 12.9. The molecule has 0 aliphatic carbocycles. The molecule has 0 radical (unpaired) electrons. The molecule has 0 N–H and O–H groups in total. The van der Waals surface area contributed by atoms with Gasteiger partial charge in [-0.1, -0.05) is 41.5 Å². The predicted molar refractivity (Wildman–Crippen MR) is 127 cm³/mol. The van der Waals surface area contributed by atoms with Crippen molar-refractivity contribution in [3.63, 3.8) is 0 Å². The number of rotatable bonds is 5. The SMILES string of the molecule is CC(C)(C)OC(=O)N1CC[C@H](O[Si](C)(C)C(C)(C)C)[C@H]1CO[Si](C)(C)C(C)(C)C. The van der Waals surface area contributed by atoms with Gasteiger partial charge in [0.05, 0.1) is 18.8 Å². The Morgan fingerprint density at radius 1 is 0.897 bits per heavy atom. The highest BCUT2D eigenvalue weighted by atomic mass is 28.4. The van der Waals surface area contributed by atoms with Crippen LogP contribution in [0, 0.1) is 0 Å². The van der Waals surface area contributed by atoms with Gasteiger partial charge in [0.1, 0.15) is 5.60 Å². The van der Waals surface area contributed by atoms with E-state index in [1.165, 1.54) is 0 Å². The fourth-order valence-electron chi connectivity index (χ4n) is 2.77. The summed E-state index contributed by atoms with van der Waals surface area (Å²) in [5.41, 5.74) is -0.514. The van der Waals surface area contributed by atoms with Crippen LogP contribution in [0.25, 0.3) is 0 Å². The molecule has 0 aromatic heterocycles. The topological polar surface area (TPSA) is 48.0 Å². The van der Waals surface area contributed by atoms with Gasteiger partial charge >= 0.3 is 6.09 Å². The summed E-state index contributed by atoms with van der Waals surface area (Å²) >= 11 is 0. The van der Waals surface area contributed by atoms with Crippen LogP contribution in [0.15, 0.2) is 0 Å². The molecular formula is C22H47NO4Si2. The minimum absolute atomic E-state index is 0.00632. The van der Waals surface area contributed by atoms with Gasteiger partial charge in [-0.3, -0.25) is 0 Å². The Bertz CT molecular complexity index is 571. The van der Waals surface area contributed by atoms with E-state index in [0.29, 0.717) is 13.2 Å². The summed E-state index contributed by atoms with van der Waals surface area (Å²) in [6.45, 7) is 29.4. The fraction of sp³-hybridized carbons (Fsp3) is 0.955. The minimum Gasteiger partial charge on any atom is -0.444 e. The smallest absolute Gasteiger partial charge is 0.410 e. The molecule has 7 heteroatoms. The monoisotopic (exact) mass is 445 g/mol. The van der Waals surface area contributed by atoms with Crippen molar-refractivity contribution in [1.29, 1.82) is 0 Å². The highest BCUT2D eigenvalue weighted by Crippen LogP contribution is 2.41.